The molecule has 5 nitrogen and oxygen atoms in total. The van der Waals surface area contributed by atoms with Gasteiger partial charge in [0.05, 0.1) is 0 Å². The average Bonchev–Trinajstić information content (AvgIpc) is 2.80. The molecule has 1 heterocycles. The largest absolute Gasteiger partial charge is 0.508 e. The fourth-order valence-electron chi connectivity index (χ4n) is 1.97. The van der Waals surface area contributed by atoms with Crippen LogP contribution in [0.1, 0.15) is 12.5 Å². The third kappa shape index (κ3) is 1.99. The van der Waals surface area contributed by atoms with E-state index >= 15 is 0 Å². The van der Waals surface area contributed by atoms with Gasteiger partial charge in [0.1, 0.15) is 28.2 Å². The summed E-state index contributed by atoms with van der Waals surface area (Å²) in [7, 11) is 0. The van der Waals surface area contributed by atoms with E-state index in [1.54, 1.807) is 6.07 Å². The first-order chi connectivity index (χ1) is 9.54. The molecule has 2 N–H and O–H groups in total. The van der Waals surface area contributed by atoms with Crippen LogP contribution in [0.25, 0.3) is 22.3 Å². The van der Waals surface area contributed by atoms with Crippen LogP contribution in [0.4, 0.5) is 0 Å². The van der Waals surface area contributed by atoms with Gasteiger partial charge in [0, 0.05) is 6.07 Å². The van der Waals surface area contributed by atoms with E-state index in [4.69, 9.17) is 0 Å². The van der Waals surface area contributed by atoms with E-state index in [1.165, 1.54) is 16.9 Å². The van der Waals surface area contributed by atoms with Crippen molar-refractivity contribution in [3.8, 4) is 17.2 Å². The molecular formula is C15H13N3O2. The Hall–Kier alpha value is -2.82. The number of phenolic OH excluding ortho intramolecular Hbond substituents is 2. The fraction of sp³-hybridized carbons (Fsp3) is 0.0667. The second-order valence-electron chi connectivity index (χ2n) is 4.65. The molecule has 0 spiro atoms. The van der Waals surface area contributed by atoms with Crippen LogP contribution in [0.2, 0.25) is 0 Å². The molecule has 100 valence electrons. The molecule has 3 aromatic rings. The number of hydrogen-bond acceptors (Lipinski definition) is 4. The molecule has 20 heavy (non-hydrogen) atoms. The molecule has 0 aliphatic rings. The maximum atomic E-state index is 9.84. The number of phenols is 2. The summed E-state index contributed by atoms with van der Waals surface area (Å²) in [4.78, 5) is 1.35. The molecule has 3 rings (SSSR count). The first-order valence-electron chi connectivity index (χ1n) is 6.10. The summed E-state index contributed by atoms with van der Waals surface area (Å²) >= 11 is 0. The van der Waals surface area contributed by atoms with Crippen LogP contribution in [-0.2, 0) is 0 Å². The van der Waals surface area contributed by atoms with E-state index in [2.05, 4.69) is 16.8 Å². The highest BCUT2D eigenvalue weighted by atomic mass is 16.3. The number of allylic oxidation sites excluding steroid dienone is 1. The second kappa shape index (κ2) is 4.38. The fourth-order valence-corrected chi connectivity index (χ4v) is 1.97. The zero-order valence-corrected chi connectivity index (χ0v) is 10.9. The number of nitrogens with zero attached hydrogens (tertiary/aromatic N) is 3. The van der Waals surface area contributed by atoms with E-state index in [0.717, 1.165) is 22.2 Å². The smallest absolute Gasteiger partial charge is 0.146 e. The number of benzene rings is 2. The zero-order chi connectivity index (χ0) is 14.3. The lowest BCUT2D eigenvalue weighted by molar-refractivity contribution is 0.446. The maximum absolute atomic E-state index is 9.84. The van der Waals surface area contributed by atoms with Crippen LogP contribution in [0.5, 0.6) is 11.5 Å². The molecule has 2 aromatic carbocycles. The summed E-state index contributed by atoms with van der Waals surface area (Å²) in [6.07, 6.45) is 0. The molecule has 0 unspecified atom stereocenters. The van der Waals surface area contributed by atoms with Crippen LogP contribution in [0.15, 0.2) is 43.0 Å². The monoisotopic (exact) mass is 267 g/mol. The lowest BCUT2D eigenvalue weighted by Crippen LogP contribution is -1.98. The number of hydrogen-bond donors (Lipinski definition) is 2. The number of rotatable bonds is 2. The third-order valence-electron chi connectivity index (χ3n) is 3.05. The van der Waals surface area contributed by atoms with Crippen molar-refractivity contribution < 1.29 is 10.2 Å². The van der Waals surface area contributed by atoms with Gasteiger partial charge >= 0.3 is 0 Å². The average molecular weight is 267 g/mol. The predicted molar refractivity (Wildman–Crippen MR) is 76.9 cm³/mol. The summed E-state index contributed by atoms with van der Waals surface area (Å²) in [6.45, 7) is 5.83. The van der Waals surface area contributed by atoms with E-state index in [9.17, 15) is 10.2 Å². The summed E-state index contributed by atoms with van der Waals surface area (Å²) in [5.74, 6) is -0.0852. The topological polar surface area (TPSA) is 71.2 Å². The van der Waals surface area contributed by atoms with Gasteiger partial charge in [0.25, 0.3) is 0 Å². The van der Waals surface area contributed by atoms with Gasteiger partial charge in [-0.2, -0.15) is 0 Å². The molecular weight excluding hydrogens is 254 g/mol. The van der Waals surface area contributed by atoms with Crippen LogP contribution in [0, 0.1) is 0 Å². The van der Waals surface area contributed by atoms with Crippen molar-refractivity contribution in [1.82, 2.24) is 15.0 Å². The molecule has 0 saturated carbocycles. The van der Waals surface area contributed by atoms with Crippen LogP contribution >= 0.6 is 0 Å². The summed E-state index contributed by atoms with van der Waals surface area (Å²) < 4.78 is 0. The minimum absolute atomic E-state index is 0.00692. The van der Waals surface area contributed by atoms with Gasteiger partial charge in [-0.25, -0.2) is 0 Å². The van der Waals surface area contributed by atoms with Gasteiger partial charge in [-0.15, -0.1) is 15.0 Å². The van der Waals surface area contributed by atoms with Gasteiger partial charge < -0.3 is 10.2 Å². The third-order valence-corrected chi connectivity index (χ3v) is 3.05. The standard InChI is InChI=1S/C15H13N3O2/c1-9(2)10-3-5-12-13(7-10)17-18(16-12)14-6-4-11(19)8-15(14)20/h3-8,19-20H,1H2,2H3. The van der Waals surface area contributed by atoms with E-state index in [1.807, 2.05) is 25.1 Å². The number of aromatic nitrogens is 3. The normalized spacial score (nSPS) is 10.8. The van der Waals surface area contributed by atoms with Gasteiger partial charge in [0.15, 0.2) is 0 Å². The Morgan fingerprint density at radius 2 is 1.80 bits per heavy atom. The highest BCUT2D eigenvalue weighted by Crippen LogP contribution is 2.26. The van der Waals surface area contributed by atoms with Gasteiger partial charge in [-0.1, -0.05) is 18.2 Å². The van der Waals surface area contributed by atoms with E-state index in [-0.39, 0.29) is 11.5 Å². The quantitative estimate of drug-likeness (QED) is 0.749. The molecule has 0 amide bonds. The van der Waals surface area contributed by atoms with Gasteiger partial charge in [0.2, 0.25) is 0 Å². The van der Waals surface area contributed by atoms with Crippen molar-refractivity contribution in [2.75, 3.05) is 0 Å². The first-order valence-corrected chi connectivity index (χ1v) is 6.10. The molecule has 0 radical (unpaired) electrons. The predicted octanol–water partition coefficient (Wildman–Crippen LogP) is 2.86. The van der Waals surface area contributed by atoms with E-state index < -0.39 is 0 Å². The van der Waals surface area contributed by atoms with Gasteiger partial charge in [-0.3, -0.25) is 0 Å². The Labute approximate surface area is 115 Å². The minimum atomic E-state index is -0.0783. The Kier molecular flexibility index (Phi) is 2.68. The minimum Gasteiger partial charge on any atom is -0.508 e. The van der Waals surface area contributed by atoms with Crippen molar-refractivity contribution in [2.45, 2.75) is 6.92 Å². The Balaban J connectivity index is 2.15. The summed E-state index contributed by atoms with van der Waals surface area (Å²) in [5, 5.41) is 27.8. The SMILES string of the molecule is C=C(C)c1ccc2nn(-c3ccc(O)cc3O)nc2c1. The van der Waals surface area contributed by atoms with Crippen LogP contribution in [-0.4, -0.2) is 25.2 Å². The molecule has 5 heteroatoms. The highest BCUT2D eigenvalue weighted by molar-refractivity contribution is 5.79. The Morgan fingerprint density at radius 1 is 1.05 bits per heavy atom. The highest BCUT2D eigenvalue weighted by Gasteiger charge is 2.10. The van der Waals surface area contributed by atoms with Crippen molar-refractivity contribution >= 4 is 16.6 Å². The molecule has 0 aliphatic carbocycles. The molecule has 0 atom stereocenters. The lowest BCUT2D eigenvalue weighted by Gasteiger charge is -2.02. The van der Waals surface area contributed by atoms with Crippen LogP contribution in [0.3, 0.4) is 0 Å². The second-order valence-corrected chi connectivity index (χ2v) is 4.65. The Bertz CT molecular complexity index is 821. The molecule has 0 bridgehead atoms. The van der Waals surface area contributed by atoms with E-state index in [0.29, 0.717) is 5.69 Å². The summed E-state index contributed by atoms with van der Waals surface area (Å²) in [6, 6.07) is 9.98. The van der Waals surface area contributed by atoms with Crippen molar-refractivity contribution in [3.05, 3.63) is 48.5 Å². The van der Waals surface area contributed by atoms with Crippen LogP contribution < -0.4 is 0 Å². The molecule has 0 aliphatic heterocycles. The number of aromatic hydroxyl groups is 2. The van der Waals surface area contributed by atoms with Crippen molar-refractivity contribution in [2.24, 2.45) is 0 Å². The van der Waals surface area contributed by atoms with Crippen molar-refractivity contribution in [1.29, 1.82) is 0 Å². The Morgan fingerprint density at radius 3 is 2.50 bits per heavy atom. The van der Waals surface area contributed by atoms with Crippen molar-refractivity contribution in [3.63, 3.8) is 0 Å². The number of fused-ring (bicyclic) bond motifs is 1. The summed E-state index contributed by atoms with van der Waals surface area (Å²) in [5.41, 5.74) is 3.81. The maximum Gasteiger partial charge on any atom is 0.146 e. The van der Waals surface area contributed by atoms with Gasteiger partial charge in [-0.05, 0) is 36.8 Å². The lowest BCUT2D eigenvalue weighted by atomic mass is 10.1. The molecule has 0 fully saturated rings. The first kappa shape index (κ1) is 12.2. The molecule has 0 saturated heterocycles. The zero-order valence-electron chi connectivity index (χ0n) is 10.9. The molecule has 1 aromatic heterocycles.